The van der Waals surface area contributed by atoms with Gasteiger partial charge in [0.2, 0.25) is 17.7 Å². The van der Waals surface area contributed by atoms with Gasteiger partial charge in [-0.3, -0.25) is 14.4 Å². The van der Waals surface area contributed by atoms with Gasteiger partial charge in [0.1, 0.15) is 11.6 Å². The van der Waals surface area contributed by atoms with Gasteiger partial charge in [-0.05, 0) is 26.2 Å². The van der Waals surface area contributed by atoms with E-state index in [0.29, 0.717) is 19.5 Å². The molecule has 0 aromatic carbocycles. The summed E-state index contributed by atoms with van der Waals surface area (Å²) in [6.45, 7) is 10.3. The summed E-state index contributed by atoms with van der Waals surface area (Å²) in [5.41, 5.74) is -2.23. The Morgan fingerprint density at radius 2 is 1.70 bits per heavy atom. The van der Waals surface area contributed by atoms with Gasteiger partial charge in [0, 0.05) is 26.2 Å². The third-order valence-corrected chi connectivity index (χ3v) is 8.05. The highest BCUT2D eigenvalue weighted by Crippen LogP contribution is 2.59. The van der Waals surface area contributed by atoms with Gasteiger partial charge >= 0.3 is 0 Å². The number of carbonyl (C=O) groups is 3. The van der Waals surface area contributed by atoms with Gasteiger partial charge in [0.15, 0.2) is 0 Å². The van der Waals surface area contributed by atoms with Crippen LogP contribution in [0.2, 0.25) is 0 Å². The Kier molecular flexibility index (Phi) is 5.98. The van der Waals surface area contributed by atoms with Crippen molar-refractivity contribution in [1.29, 1.82) is 0 Å². The quantitative estimate of drug-likeness (QED) is 0.624. The van der Waals surface area contributed by atoms with Gasteiger partial charge in [-0.25, -0.2) is 0 Å². The molecule has 0 radical (unpaired) electrons. The van der Waals surface area contributed by atoms with E-state index in [9.17, 15) is 19.5 Å². The zero-order valence-electron chi connectivity index (χ0n) is 20.5. The number of fused-ring (bicyclic) bond motifs is 2. The molecule has 182 valence electrons. The minimum absolute atomic E-state index is 0.0698. The minimum atomic E-state index is -1.26. The average molecular weight is 460 g/mol. The molecule has 4 aliphatic heterocycles. The molecule has 0 saturated carbocycles. The maximum Gasteiger partial charge on any atom is 0.249 e. The number of likely N-dealkylation sites (tertiary alicyclic amines) is 1. The van der Waals surface area contributed by atoms with Crippen molar-refractivity contribution in [3.8, 4) is 0 Å². The summed E-state index contributed by atoms with van der Waals surface area (Å²) in [4.78, 5) is 46.8. The molecule has 1 spiro atoms. The molecule has 8 nitrogen and oxygen atoms in total. The van der Waals surface area contributed by atoms with Crippen LogP contribution in [0.3, 0.4) is 0 Å². The molecule has 2 fully saturated rings. The molecule has 3 amide bonds. The first kappa shape index (κ1) is 24.0. The lowest BCUT2D eigenvalue weighted by atomic mass is 9.73. The Morgan fingerprint density at radius 1 is 1.03 bits per heavy atom. The van der Waals surface area contributed by atoms with Gasteiger partial charge in [-0.1, -0.05) is 45.1 Å². The predicted octanol–water partition coefficient (Wildman–Crippen LogP) is 1.20. The normalized spacial score (nSPS) is 36.9. The van der Waals surface area contributed by atoms with Gasteiger partial charge in [-0.15, -0.1) is 0 Å². The molecular weight excluding hydrogens is 422 g/mol. The van der Waals surface area contributed by atoms with E-state index in [-0.39, 0.29) is 36.3 Å². The fraction of sp³-hybridized carbons (Fsp3) is 0.720. The lowest BCUT2D eigenvalue weighted by Crippen LogP contribution is -2.60. The molecule has 0 aliphatic carbocycles. The number of rotatable bonds is 5. The standard InChI is InChI=1S/C25H37N3O5/c1-7-24-10-8-12-26(6)21(30)18(24)19-22(31)28(17(14-29)15(2)3)20-23(32)27(16(4)5)13-9-11-25(19,20)33-24/h8-11,15-20,29H,7,12-14H2,1-6H3/t17-,18+,19-,20?,24-,25-/m0/s1. The zero-order valence-corrected chi connectivity index (χ0v) is 20.5. The van der Waals surface area contributed by atoms with Crippen LogP contribution in [0, 0.1) is 17.8 Å². The second-order valence-corrected chi connectivity index (χ2v) is 10.5. The van der Waals surface area contributed by atoms with Crippen molar-refractivity contribution < 1.29 is 24.2 Å². The number of nitrogens with zero attached hydrogens (tertiary/aromatic N) is 3. The van der Waals surface area contributed by atoms with Crippen molar-refractivity contribution in [3.05, 3.63) is 24.3 Å². The highest BCUT2D eigenvalue weighted by atomic mass is 16.5. The largest absolute Gasteiger partial charge is 0.394 e. The summed E-state index contributed by atoms with van der Waals surface area (Å²) in [6.07, 6.45) is 8.12. The van der Waals surface area contributed by atoms with Crippen LogP contribution in [0.1, 0.15) is 41.0 Å². The van der Waals surface area contributed by atoms with Crippen molar-refractivity contribution in [2.24, 2.45) is 17.8 Å². The van der Waals surface area contributed by atoms with Gasteiger partial charge < -0.3 is 24.5 Å². The summed E-state index contributed by atoms with van der Waals surface area (Å²) in [5, 5.41) is 10.3. The van der Waals surface area contributed by atoms with E-state index in [1.807, 2.05) is 58.9 Å². The Hall–Kier alpha value is -2.19. The lowest BCUT2D eigenvalue weighted by Gasteiger charge is -2.42. The summed E-state index contributed by atoms with van der Waals surface area (Å²) < 4.78 is 6.86. The topological polar surface area (TPSA) is 90.4 Å². The van der Waals surface area contributed by atoms with Crippen LogP contribution in [0.5, 0.6) is 0 Å². The van der Waals surface area contributed by atoms with Crippen LogP contribution in [-0.4, -0.2) is 93.6 Å². The Balaban J connectivity index is 1.96. The average Bonchev–Trinajstić information content (AvgIpc) is 3.05. The first-order valence-electron chi connectivity index (χ1n) is 12.1. The smallest absolute Gasteiger partial charge is 0.249 e. The maximum atomic E-state index is 14.2. The molecule has 8 heteroatoms. The van der Waals surface area contributed by atoms with Crippen molar-refractivity contribution >= 4 is 17.7 Å². The molecular formula is C25H37N3O5. The zero-order chi connectivity index (χ0) is 24.3. The van der Waals surface area contributed by atoms with Gasteiger partial charge in [0.25, 0.3) is 0 Å². The molecule has 0 aromatic rings. The van der Waals surface area contributed by atoms with Gasteiger partial charge in [-0.2, -0.15) is 0 Å². The molecule has 4 aliphatic rings. The fourth-order valence-electron chi connectivity index (χ4n) is 6.28. The Morgan fingerprint density at radius 3 is 2.27 bits per heavy atom. The molecule has 4 heterocycles. The number of aliphatic hydroxyl groups is 1. The second kappa shape index (κ2) is 8.24. The first-order chi connectivity index (χ1) is 15.6. The van der Waals surface area contributed by atoms with E-state index in [1.54, 1.807) is 21.7 Å². The summed E-state index contributed by atoms with van der Waals surface area (Å²) >= 11 is 0. The SMILES string of the molecule is CC[C@]12C=CCN(C)C(=O)[C@H]1[C@H]1C(=O)N([C@@H](CO)C(C)C)C3C(=O)N(C(C)C)CC=C[C@@]31O2. The van der Waals surface area contributed by atoms with Crippen LogP contribution in [-0.2, 0) is 19.1 Å². The highest BCUT2D eigenvalue weighted by molar-refractivity contribution is 6.00. The van der Waals surface area contributed by atoms with E-state index in [4.69, 9.17) is 4.74 Å². The van der Waals surface area contributed by atoms with E-state index in [1.165, 1.54) is 0 Å². The van der Waals surface area contributed by atoms with E-state index in [0.717, 1.165) is 0 Å². The number of carbonyl (C=O) groups excluding carboxylic acids is 3. The second-order valence-electron chi connectivity index (χ2n) is 10.5. The number of ether oxygens (including phenoxy) is 1. The lowest BCUT2D eigenvalue weighted by molar-refractivity contribution is -0.158. The number of amides is 3. The molecule has 1 N–H and O–H groups in total. The fourth-order valence-corrected chi connectivity index (χ4v) is 6.28. The van der Waals surface area contributed by atoms with Crippen molar-refractivity contribution in [2.45, 2.75) is 70.4 Å². The monoisotopic (exact) mass is 459 g/mol. The highest BCUT2D eigenvalue weighted by Gasteiger charge is 2.75. The number of aliphatic hydroxyl groups excluding tert-OH is 1. The molecule has 2 saturated heterocycles. The van der Waals surface area contributed by atoms with Gasteiger partial charge in [0.05, 0.1) is 30.1 Å². The number of hydrogen-bond donors (Lipinski definition) is 1. The summed E-state index contributed by atoms with van der Waals surface area (Å²) in [6, 6.07) is -1.56. The Bertz CT molecular complexity index is 898. The van der Waals surface area contributed by atoms with Crippen LogP contribution < -0.4 is 0 Å². The minimum Gasteiger partial charge on any atom is -0.394 e. The molecule has 0 bridgehead atoms. The van der Waals surface area contributed by atoms with E-state index in [2.05, 4.69) is 0 Å². The van der Waals surface area contributed by atoms with Crippen molar-refractivity contribution in [3.63, 3.8) is 0 Å². The summed E-state index contributed by atoms with van der Waals surface area (Å²) in [5.74, 6) is -2.27. The number of likely N-dealkylation sites (N-methyl/N-ethyl adjacent to an activating group) is 1. The third kappa shape index (κ3) is 3.21. The number of hydrogen-bond acceptors (Lipinski definition) is 5. The van der Waals surface area contributed by atoms with Crippen molar-refractivity contribution in [2.75, 3.05) is 26.7 Å². The molecule has 1 unspecified atom stereocenters. The van der Waals surface area contributed by atoms with E-state index >= 15 is 0 Å². The van der Waals surface area contributed by atoms with Crippen molar-refractivity contribution in [1.82, 2.24) is 14.7 Å². The molecule has 33 heavy (non-hydrogen) atoms. The van der Waals surface area contributed by atoms with Crippen LogP contribution >= 0.6 is 0 Å². The predicted molar refractivity (Wildman–Crippen MR) is 123 cm³/mol. The van der Waals surface area contributed by atoms with Crippen LogP contribution in [0.25, 0.3) is 0 Å². The molecule has 4 rings (SSSR count). The first-order valence-corrected chi connectivity index (χ1v) is 12.1. The van der Waals surface area contributed by atoms with Crippen LogP contribution in [0.4, 0.5) is 0 Å². The Labute approximate surface area is 196 Å². The van der Waals surface area contributed by atoms with Crippen LogP contribution in [0.15, 0.2) is 24.3 Å². The van der Waals surface area contributed by atoms with E-state index < -0.39 is 35.1 Å². The molecule has 0 aromatic heterocycles. The molecule has 6 atom stereocenters. The maximum absolute atomic E-state index is 14.2. The third-order valence-electron chi connectivity index (χ3n) is 8.05. The summed E-state index contributed by atoms with van der Waals surface area (Å²) in [7, 11) is 1.73.